The van der Waals surface area contributed by atoms with Gasteiger partial charge < -0.3 is 20.7 Å². The van der Waals surface area contributed by atoms with Crippen LogP contribution in [0.3, 0.4) is 0 Å². The fourth-order valence-corrected chi connectivity index (χ4v) is 2.56. The quantitative estimate of drug-likeness (QED) is 0.532. The molecule has 150 valence electrons. The second-order valence-electron chi connectivity index (χ2n) is 6.21. The number of aromatic nitrogens is 2. The van der Waals surface area contributed by atoms with Crippen molar-refractivity contribution in [2.75, 3.05) is 29.1 Å². The van der Waals surface area contributed by atoms with Crippen molar-refractivity contribution < 1.29 is 13.9 Å². The highest BCUT2D eigenvalue weighted by Gasteiger charge is 2.06. The molecule has 0 unspecified atom stereocenters. The lowest BCUT2D eigenvalue weighted by Crippen LogP contribution is -2.20. The first-order valence-corrected chi connectivity index (χ1v) is 9.16. The molecule has 2 aromatic carbocycles. The molecule has 0 fully saturated rings. The number of carbonyl (C=O) groups excluding carboxylic acids is 1. The van der Waals surface area contributed by atoms with Gasteiger partial charge in [-0.2, -0.15) is 0 Å². The second-order valence-corrected chi connectivity index (χ2v) is 6.21. The maximum atomic E-state index is 12.9. The third kappa shape index (κ3) is 6.17. The molecule has 0 aliphatic carbocycles. The zero-order valence-corrected chi connectivity index (χ0v) is 16.2. The molecule has 0 spiro atoms. The summed E-state index contributed by atoms with van der Waals surface area (Å²) in [5.41, 5.74) is 1.46. The zero-order chi connectivity index (χ0) is 20.6. The van der Waals surface area contributed by atoms with E-state index in [9.17, 15) is 9.18 Å². The number of nitrogens with one attached hydrogen (secondary N) is 3. The summed E-state index contributed by atoms with van der Waals surface area (Å²) in [6.45, 7) is 4.44. The minimum absolute atomic E-state index is 0.168. The summed E-state index contributed by atoms with van der Waals surface area (Å²) in [5, 5.41) is 9.13. The molecule has 0 radical (unpaired) electrons. The van der Waals surface area contributed by atoms with Gasteiger partial charge in [0, 0.05) is 24.0 Å². The summed E-state index contributed by atoms with van der Waals surface area (Å²) in [6.07, 6.45) is 0. The number of benzene rings is 2. The number of anilines is 4. The lowest BCUT2D eigenvalue weighted by molar-refractivity contribution is -0.118. The van der Waals surface area contributed by atoms with Crippen molar-refractivity contribution in [1.82, 2.24) is 9.97 Å². The van der Waals surface area contributed by atoms with E-state index in [4.69, 9.17) is 4.74 Å². The highest BCUT2D eigenvalue weighted by molar-refractivity contribution is 5.92. The maximum absolute atomic E-state index is 12.9. The van der Waals surface area contributed by atoms with Crippen molar-refractivity contribution in [3.05, 3.63) is 66.2 Å². The lowest BCUT2D eigenvalue weighted by Gasteiger charge is -2.11. The molecule has 1 heterocycles. The van der Waals surface area contributed by atoms with E-state index < -0.39 is 0 Å². The van der Waals surface area contributed by atoms with Crippen molar-refractivity contribution in [3.63, 3.8) is 0 Å². The van der Waals surface area contributed by atoms with Crippen molar-refractivity contribution in [2.24, 2.45) is 0 Å². The largest absolute Gasteiger partial charge is 0.484 e. The zero-order valence-electron chi connectivity index (χ0n) is 16.2. The van der Waals surface area contributed by atoms with Gasteiger partial charge >= 0.3 is 0 Å². The fourth-order valence-electron chi connectivity index (χ4n) is 2.56. The van der Waals surface area contributed by atoms with Gasteiger partial charge in [0.15, 0.2) is 6.61 Å². The predicted octanol–water partition coefficient (Wildman–Crippen LogP) is 4.12. The number of carbonyl (C=O) groups is 1. The highest BCUT2D eigenvalue weighted by Crippen LogP contribution is 2.20. The standard InChI is InChI=1S/C21H22FN5O2/c1-3-23-19-12-20(25-14(2)24-19)26-16-6-8-17(9-7-16)27-21(28)13-29-18-10-4-15(22)5-11-18/h4-12H,3,13H2,1-2H3,(H,27,28)(H2,23,24,25,26). The molecule has 29 heavy (non-hydrogen) atoms. The molecule has 3 rings (SSSR count). The predicted molar refractivity (Wildman–Crippen MR) is 111 cm³/mol. The second kappa shape index (κ2) is 9.50. The van der Waals surface area contributed by atoms with Crippen LogP contribution in [-0.4, -0.2) is 29.0 Å². The first-order valence-electron chi connectivity index (χ1n) is 9.16. The molecule has 1 aromatic heterocycles. The van der Waals surface area contributed by atoms with Crippen molar-refractivity contribution in [2.45, 2.75) is 13.8 Å². The summed E-state index contributed by atoms with van der Waals surface area (Å²) < 4.78 is 18.2. The molecule has 8 heteroatoms. The topological polar surface area (TPSA) is 88.2 Å². The SMILES string of the molecule is CCNc1cc(Nc2ccc(NC(=O)COc3ccc(F)cc3)cc2)nc(C)n1. The Labute approximate surface area is 168 Å². The van der Waals surface area contributed by atoms with Crippen LogP contribution in [0.2, 0.25) is 0 Å². The van der Waals surface area contributed by atoms with Crippen LogP contribution in [0, 0.1) is 12.7 Å². The number of halogens is 1. The van der Waals surface area contributed by atoms with Crippen LogP contribution in [0.15, 0.2) is 54.6 Å². The van der Waals surface area contributed by atoms with Gasteiger partial charge in [-0.15, -0.1) is 0 Å². The van der Waals surface area contributed by atoms with Gasteiger partial charge in [-0.3, -0.25) is 4.79 Å². The average Bonchev–Trinajstić information content (AvgIpc) is 2.69. The van der Waals surface area contributed by atoms with Gasteiger partial charge in [-0.05, 0) is 62.4 Å². The Kier molecular flexibility index (Phi) is 6.57. The highest BCUT2D eigenvalue weighted by atomic mass is 19.1. The summed E-state index contributed by atoms with van der Waals surface area (Å²) in [7, 11) is 0. The van der Waals surface area contributed by atoms with E-state index in [0.717, 1.165) is 18.1 Å². The van der Waals surface area contributed by atoms with E-state index in [-0.39, 0.29) is 18.3 Å². The Hall–Kier alpha value is -3.68. The van der Waals surface area contributed by atoms with E-state index in [0.29, 0.717) is 23.1 Å². The molecule has 0 atom stereocenters. The van der Waals surface area contributed by atoms with Crippen LogP contribution in [-0.2, 0) is 4.79 Å². The smallest absolute Gasteiger partial charge is 0.262 e. The molecule has 0 bridgehead atoms. The van der Waals surface area contributed by atoms with Gasteiger partial charge in [0.25, 0.3) is 5.91 Å². The lowest BCUT2D eigenvalue weighted by atomic mass is 10.2. The first kappa shape index (κ1) is 20.1. The van der Waals surface area contributed by atoms with Gasteiger partial charge in [-0.25, -0.2) is 14.4 Å². The van der Waals surface area contributed by atoms with E-state index in [1.165, 1.54) is 24.3 Å². The van der Waals surface area contributed by atoms with E-state index in [1.807, 2.05) is 32.0 Å². The van der Waals surface area contributed by atoms with Crippen molar-refractivity contribution in [3.8, 4) is 5.75 Å². The number of rotatable bonds is 8. The minimum atomic E-state index is -0.356. The summed E-state index contributed by atoms with van der Waals surface area (Å²) in [5.74, 6) is 1.86. The Morgan fingerprint density at radius 3 is 2.34 bits per heavy atom. The van der Waals surface area contributed by atoms with Crippen LogP contribution in [0.4, 0.5) is 27.4 Å². The molecule has 3 N–H and O–H groups in total. The number of aryl methyl sites for hydroxylation is 1. The Morgan fingerprint density at radius 1 is 1.00 bits per heavy atom. The van der Waals surface area contributed by atoms with Crippen LogP contribution in [0.1, 0.15) is 12.7 Å². The maximum Gasteiger partial charge on any atom is 0.262 e. The Bertz CT molecular complexity index is 962. The molecule has 1 amide bonds. The van der Waals surface area contributed by atoms with Crippen molar-refractivity contribution in [1.29, 1.82) is 0 Å². The fraction of sp³-hybridized carbons (Fsp3) is 0.190. The van der Waals surface area contributed by atoms with E-state index in [2.05, 4.69) is 25.9 Å². The third-order valence-electron chi connectivity index (χ3n) is 3.82. The molecule has 0 saturated carbocycles. The third-order valence-corrected chi connectivity index (χ3v) is 3.82. The number of hydrogen-bond donors (Lipinski definition) is 3. The number of ether oxygens (including phenoxy) is 1. The monoisotopic (exact) mass is 395 g/mol. The minimum Gasteiger partial charge on any atom is -0.484 e. The van der Waals surface area contributed by atoms with Crippen LogP contribution >= 0.6 is 0 Å². The number of amides is 1. The summed E-state index contributed by atoms with van der Waals surface area (Å²) in [4.78, 5) is 20.7. The number of hydrogen-bond acceptors (Lipinski definition) is 6. The van der Waals surface area contributed by atoms with E-state index in [1.54, 1.807) is 12.1 Å². The average molecular weight is 395 g/mol. The molecule has 0 aliphatic rings. The molecule has 0 aliphatic heterocycles. The summed E-state index contributed by atoms with van der Waals surface area (Å²) >= 11 is 0. The molecular weight excluding hydrogens is 373 g/mol. The summed E-state index contributed by atoms with van der Waals surface area (Å²) in [6, 6.07) is 14.5. The number of nitrogens with zero attached hydrogens (tertiary/aromatic N) is 2. The Morgan fingerprint density at radius 2 is 1.66 bits per heavy atom. The van der Waals surface area contributed by atoms with Gasteiger partial charge in [0.2, 0.25) is 0 Å². The van der Waals surface area contributed by atoms with Crippen LogP contribution in [0.25, 0.3) is 0 Å². The normalized spacial score (nSPS) is 10.3. The van der Waals surface area contributed by atoms with Crippen LogP contribution in [0.5, 0.6) is 5.75 Å². The first-order chi connectivity index (χ1) is 14.0. The van der Waals surface area contributed by atoms with Gasteiger partial charge in [-0.1, -0.05) is 0 Å². The van der Waals surface area contributed by atoms with Gasteiger partial charge in [0.1, 0.15) is 29.0 Å². The molecule has 3 aromatic rings. The van der Waals surface area contributed by atoms with Crippen molar-refractivity contribution >= 4 is 28.9 Å². The van der Waals surface area contributed by atoms with Gasteiger partial charge in [0.05, 0.1) is 0 Å². The van der Waals surface area contributed by atoms with Crippen LogP contribution < -0.4 is 20.7 Å². The Balaban J connectivity index is 1.54. The molecule has 0 saturated heterocycles. The molecule has 7 nitrogen and oxygen atoms in total. The van der Waals surface area contributed by atoms with E-state index >= 15 is 0 Å². The molecular formula is C21H22FN5O2.